The number of rotatable bonds is 3. The SMILES string of the molecule is Cc1ccc(Oc2ccc(C(=O)O)s2)cn1. The smallest absolute Gasteiger partial charge is 0.345 e. The minimum Gasteiger partial charge on any atom is -0.477 e. The van der Waals surface area contributed by atoms with Crippen LogP contribution in [0.25, 0.3) is 0 Å². The van der Waals surface area contributed by atoms with Crippen LogP contribution in [0, 0.1) is 6.92 Å². The quantitative estimate of drug-likeness (QED) is 0.888. The molecule has 0 aliphatic rings. The van der Waals surface area contributed by atoms with Crippen LogP contribution < -0.4 is 4.74 Å². The first-order chi connectivity index (χ1) is 7.65. The second kappa shape index (κ2) is 4.32. The van der Waals surface area contributed by atoms with Crippen LogP contribution in [-0.2, 0) is 0 Å². The second-order valence-corrected chi connectivity index (χ2v) is 4.21. The third kappa shape index (κ3) is 2.38. The molecule has 0 aliphatic heterocycles. The van der Waals surface area contributed by atoms with Crippen LogP contribution >= 0.6 is 11.3 Å². The Labute approximate surface area is 96.1 Å². The molecule has 1 N–H and O–H groups in total. The van der Waals surface area contributed by atoms with Crippen molar-refractivity contribution in [2.75, 3.05) is 0 Å². The van der Waals surface area contributed by atoms with Crippen molar-refractivity contribution >= 4 is 17.3 Å². The monoisotopic (exact) mass is 235 g/mol. The Morgan fingerprint density at radius 2 is 2.19 bits per heavy atom. The van der Waals surface area contributed by atoms with Gasteiger partial charge in [-0.2, -0.15) is 0 Å². The van der Waals surface area contributed by atoms with Crippen LogP contribution in [0.2, 0.25) is 0 Å². The van der Waals surface area contributed by atoms with E-state index in [4.69, 9.17) is 9.84 Å². The molecule has 0 amide bonds. The predicted molar refractivity (Wildman–Crippen MR) is 60.3 cm³/mol. The molecule has 2 rings (SSSR count). The van der Waals surface area contributed by atoms with Crippen LogP contribution in [-0.4, -0.2) is 16.1 Å². The number of carbonyl (C=O) groups is 1. The van der Waals surface area contributed by atoms with E-state index < -0.39 is 5.97 Å². The molecule has 0 aromatic carbocycles. The molecule has 2 aromatic heterocycles. The van der Waals surface area contributed by atoms with E-state index in [0.717, 1.165) is 17.0 Å². The van der Waals surface area contributed by atoms with Gasteiger partial charge in [-0.1, -0.05) is 11.3 Å². The molecule has 0 radical (unpaired) electrons. The molecule has 0 saturated carbocycles. The first kappa shape index (κ1) is 10.6. The first-order valence-corrected chi connectivity index (χ1v) is 5.40. The lowest BCUT2D eigenvalue weighted by atomic mass is 10.4. The van der Waals surface area contributed by atoms with Gasteiger partial charge in [0.05, 0.1) is 6.20 Å². The molecule has 2 heterocycles. The summed E-state index contributed by atoms with van der Waals surface area (Å²) in [6.45, 7) is 1.89. The minimum atomic E-state index is -0.943. The highest BCUT2D eigenvalue weighted by molar-refractivity contribution is 7.15. The van der Waals surface area contributed by atoms with Gasteiger partial charge in [0.1, 0.15) is 10.6 Å². The van der Waals surface area contributed by atoms with E-state index >= 15 is 0 Å². The van der Waals surface area contributed by atoms with Crippen molar-refractivity contribution < 1.29 is 14.6 Å². The van der Waals surface area contributed by atoms with E-state index in [1.54, 1.807) is 18.3 Å². The van der Waals surface area contributed by atoms with Gasteiger partial charge in [-0.3, -0.25) is 4.98 Å². The van der Waals surface area contributed by atoms with Crippen LogP contribution in [0.5, 0.6) is 10.8 Å². The molecule has 0 atom stereocenters. The largest absolute Gasteiger partial charge is 0.477 e. The normalized spacial score (nSPS) is 10.1. The van der Waals surface area contributed by atoms with Crippen LogP contribution in [0.4, 0.5) is 0 Å². The van der Waals surface area contributed by atoms with Crippen molar-refractivity contribution in [3.63, 3.8) is 0 Å². The zero-order chi connectivity index (χ0) is 11.5. The summed E-state index contributed by atoms with van der Waals surface area (Å²) in [4.78, 5) is 15.0. The van der Waals surface area contributed by atoms with Crippen LogP contribution in [0.3, 0.4) is 0 Å². The Bertz CT molecular complexity index is 504. The molecular formula is C11H9NO3S. The Morgan fingerprint density at radius 3 is 2.75 bits per heavy atom. The standard InChI is InChI=1S/C11H9NO3S/c1-7-2-3-8(6-12-7)15-10-5-4-9(16-10)11(13)14/h2-6H,1H3,(H,13,14). The van der Waals surface area contributed by atoms with Gasteiger partial charge in [-0.05, 0) is 31.2 Å². The van der Waals surface area contributed by atoms with Crippen molar-refractivity contribution in [2.24, 2.45) is 0 Å². The maximum atomic E-state index is 10.7. The molecule has 0 spiro atoms. The molecule has 0 fully saturated rings. The van der Waals surface area contributed by atoms with Crippen molar-refractivity contribution in [1.82, 2.24) is 4.98 Å². The van der Waals surface area contributed by atoms with Crippen molar-refractivity contribution in [3.05, 3.63) is 41.0 Å². The lowest BCUT2D eigenvalue weighted by Crippen LogP contribution is -1.89. The average Bonchev–Trinajstić information content (AvgIpc) is 2.70. The highest BCUT2D eigenvalue weighted by atomic mass is 32.1. The number of aromatic nitrogens is 1. The third-order valence-electron chi connectivity index (χ3n) is 1.89. The molecule has 0 aliphatic carbocycles. The summed E-state index contributed by atoms with van der Waals surface area (Å²) >= 11 is 1.09. The Morgan fingerprint density at radius 1 is 1.38 bits per heavy atom. The number of nitrogens with zero attached hydrogens (tertiary/aromatic N) is 1. The summed E-state index contributed by atoms with van der Waals surface area (Å²) in [6.07, 6.45) is 1.61. The van der Waals surface area contributed by atoms with E-state index in [1.807, 2.05) is 13.0 Å². The molecule has 16 heavy (non-hydrogen) atoms. The number of hydrogen-bond donors (Lipinski definition) is 1. The molecule has 82 valence electrons. The Hall–Kier alpha value is -1.88. The fourth-order valence-electron chi connectivity index (χ4n) is 1.12. The summed E-state index contributed by atoms with van der Waals surface area (Å²) in [5.41, 5.74) is 0.907. The highest BCUT2D eigenvalue weighted by Crippen LogP contribution is 2.29. The van der Waals surface area contributed by atoms with Gasteiger partial charge >= 0.3 is 5.97 Å². The lowest BCUT2D eigenvalue weighted by Gasteiger charge is -2.01. The van der Waals surface area contributed by atoms with Gasteiger partial charge in [0, 0.05) is 5.69 Å². The number of thiophene rings is 1. The minimum absolute atomic E-state index is 0.259. The predicted octanol–water partition coefficient (Wildman–Crippen LogP) is 2.94. The topological polar surface area (TPSA) is 59.4 Å². The molecule has 5 heteroatoms. The van der Waals surface area contributed by atoms with Crippen LogP contribution in [0.15, 0.2) is 30.5 Å². The first-order valence-electron chi connectivity index (χ1n) is 4.59. The number of carboxylic acid groups (broad SMARTS) is 1. The zero-order valence-corrected chi connectivity index (χ0v) is 9.32. The van der Waals surface area contributed by atoms with Gasteiger partial charge in [0.25, 0.3) is 0 Å². The fourth-order valence-corrected chi connectivity index (χ4v) is 1.83. The molecule has 4 nitrogen and oxygen atoms in total. The Balaban J connectivity index is 2.14. The number of ether oxygens (including phenoxy) is 1. The number of aryl methyl sites for hydroxylation is 1. The molecule has 0 unspecified atom stereocenters. The summed E-state index contributed by atoms with van der Waals surface area (Å²) < 4.78 is 5.46. The highest BCUT2D eigenvalue weighted by Gasteiger charge is 2.08. The average molecular weight is 235 g/mol. The molecular weight excluding hydrogens is 226 g/mol. The maximum absolute atomic E-state index is 10.7. The van der Waals surface area contributed by atoms with Gasteiger partial charge in [-0.15, -0.1) is 0 Å². The van der Waals surface area contributed by atoms with Gasteiger partial charge in [0.15, 0.2) is 5.06 Å². The molecule has 2 aromatic rings. The second-order valence-electron chi connectivity index (χ2n) is 3.16. The summed E-state index contributed by atoms with van der Waals surface area (Å²) in [6, 6.07) is 6.78. The van der Waals surface area contributed by atoms with E-state index in [0.29, 0.717) is 10.8 Å². The third-order valence-corrected chi connectivity index (χ3v) is 2.85. The van der Waals surface area contributed by atoms with E-state index in [-0.39, 0.29) is 4.88 Å². The van der Waals surface area contributed by atoms with Crippen molar-refractivity contribution in [2.45, 2.75) is 6.92 Å². The molecule has 0 bridgehead atoms. The number of aromatic carboxylic acids is 1. The van der Waals surface area contributed by atoms with Gasteiger partial charge in [0.2, 0.25) is 0 Å². The van der Waals surface area contributed by atoms with E-state index in [2.05, 4.69) is 4.98 Å². The summed E-state index contributed by atoms with van der Waals surface area (Å²) in [5, 5.41) is 9.29. The van der Waals surface area contributed by atoms with E-state index in [1.165, 1.54) is 6.07 Å². The van der Waals surface area contributed by atoms with E-state index in [9.17, 15) is 4.79 Å². The fraction of sp³-hybridized carbons (Fsp3) is 0.0909. The number of pyridine rings is 1. The van der Waals surface area contributed by atoms with Crippen LogP contribution in [0.1, 0.15) is 15.4 Å². The number of carboxylic acids is 1. The van der Waals surface area contributed by atoms with Gasteiger partial charge in [-0.25, -0.2) is 4.79 Å². The zero-order valence-electron chi connectivity index (χ0n) is 8.51. The summed E-state index contributed by atoms with van der Waals surface area (Å²) in [5.74, 6) is -0.341. The number of hydrogen-bond acceptors (Lipinski definition) is 4. The summed E-state index contributed by atoms with van der Waals surface area (Å²) in [7, 11) is 0. The lowest BCUT2D eigenvalue weighted by molar-refractivity contribution is 0.0702. The Kier molecular flexibility index (Phi) is 2.87. The van der Waals surface area contributed by atoms with Gasteiger partial charge < -0.3 is 9.84 Å². The van der Waals surface area contributed by atoms with Crippen molar-refractivity contribution in [3.8, 4) is 10.8 Å². The molecule has 0 saturated heterocycles. The van der Waals surface area contributed by atoms with Crippen molar-refractivity contribution in [1.29, 1.82) is 0 Å². The maximum Gasteiger partial charge on any atom is 0.345 e.